The van der Waals surface area contributed by atoms with Gasteiger partial charge in [0.05, 0.1) is 22.4 Å². The summed E-state index contributed by atoms with van der Waals surface area (Å²) in [5.41, 5.74) is 13.7. The molecular weight excluding hydrogens is 611 g/mol. The van der Waals surface area contributed by atoms with Gasteiger partial charge in [-0.05, 0) is 95.4 Å². The highest BCUT2D eigenvalue weighted by atomic mass is 15.0. The standard InChI is InChI=1S/C45H33N5/c1-3-32(40-29-48-25-9-7-13-44(48)46-40)16-15-31(2)35-21-23-42-38(27-35)39-28-36(22-24-43(39)50(42)37-11-5-4-6-12-37)33-17-19-34(20-18-33)41-30-49-26-10-8-14-45(49)47-41/h3-30H,2H2,1H3/b16-15-,32-3+. The van der Waals surface area contributed by atoms with Crippen molar-refractivity contribution < 1.29 is 0 Å². The zero-order valence-electron chi connectivity index (χ0n) is 27.6. The van der Waals surface area contributed by atoms with Crippen molar-refractivity contribution in [2.45, 2.75) is 6.92 Å². The minimum absolute atomic E-state index is 0.927. The molecule has 0 aliphatic carbocycles. The molecule has 0 saturated carbocycles. The number of pyridine rings is 2. The first-order valence-electron chi connectivity index (χ1n) is 16.8. The average Bonchev–Trinajstić information content (AvgIpc) is 3.89. The van der Waals surface area contributed by atoms with Crippen LogP contribution in [0.1, 0.15) is 18.2 Å². The number of nitrogens with zero attached hydrogens (tertiary/aromatic N) is 5. The van der Waals surface area contributed by atoms with E-state index in [4.69, 9.17) is 9.97 Å². The summed E-state index contributed by atoms with van der Waals surface area (Å²) in [5, 5.41) is 2.38. The first kappa shape index (κ1) is 29.4. The Morgan fingerprint density at radius 3 is 1.96 bits per heavy atom. The van der Waals surface area contributed by atoms with Crippen molar-refractivity contribution in [1.29, 1.82) is 0 Å². The lowest BCUT2D eigenvalue weighted by molar-refractivity contribution is 1.18. The molecule has 0 radical (unpaired) electrons. The van der Waals surface area contributed by atoms with Crippen LogP contribution in [0.2, 0.25) is 0 Å². The van der Waals surface area contributed by atoms with Gasteiger partial charge in [-0.1, -0.05) is 91.5 Å². The minimum Gasteiger partial charge on any atom is -0.309 e. The second kappa shape index (κ2) is 12.1. The van der Waals surface area contributed by atoms with E-state index < -0.39 is 0 Å². The first-order valence-corrected chi connectivity index (χ1v) is 16.8. The Morgan fingerprint density at radius 1 is 0.600 bits per heavy atom. The van der Waals surface area contributed by atoms with Crippen molar-refractivity contribution in [1.82, 2.24) is 23.3 Å². The van der Waals surface area contributed by atoms with Crippen LogP contribution >= 0.6 is 0 Å². The van der Waals surface area contributed by atoms with Gasteiger partial charge in [-0.25, -0.2) is 9.97 Å². The van der Waals surface area contributed by atoms with Crippen molar-refractivity contribution in [3.63, 3.8) is 0 Å². The van der Waals surface area contributed by atoms with E-state index in [0.29, 0.717) is 0 Å². The molecule has 0 bridgehead atoms. The first-order chi connectivity index (χ1) is 24.6. The summed E-state index contributed by atoms with van der Waals surface area (Å²) >= 11 is 0. The molecule has 0 N–H and O–H groups in total. The Hall–Kier alpha value is -6.72. The maximum absolute atomic E-state index is 4.81. The molecule has 9 rings (SSSR count). The summed E-state index contributed by atoms with van der Waals surface area (Å²) in [5.74, 6) is 0. The van der Waals surface area contributed by atoms with E-state index >= 15 is 0 Å². The largest absolute Gasteiger partial charge is 0.309 e. The number of para-hydroxylation sites is 1. The van der Waals surface area contributed by atoms with Gasteiger partial charge >= 0.3 is 0 Å². The van der Waals surface area contributed by atoms with Crippen LogP contribution in [0.4, 0.5) is 0 Å². The van der Waals surface area contributed by atoms with Gasteiger partial charge in [0.15, 0.2) is 0 Å². The SMILES string of the molecule is C=C(/C=C\C(=C/C)c1cn2ccccc2n1)c1ccc2c(c1)c1cc(-c3ccc(-c4cn5ccccc5n4)cc3)ccc1n2-c1ccccc1. The Labute approximate surface area is 290 Å². The second-order valence-electron chi connectivity index (χ2n) is 12.5. The molecule has 5 nitrogen and oxygen atoms in total. The molecule has 0 atom stereocenters. The highest BCUT2D eigenvalue weighted by molar-refractivity contribution is 6.11. The normalized spacial score (nSPS) is 12.2. The van der Waals surface area contributed by atoms with Crippen LogP contribution in [0, 0.1) is 0 Å². The van der Waals surface area contributed by atoms with Gasteiger partial charge in [0.25, 0.3) is 0 Å². The number of imidazole rings is 2. The van der Waals surface area contributed by atoms with Gasteiger partial charge in [0, 0.05) is 46.8 Å². The molecule has 0 unspecified atom stereocenters. The molecule has 50 heavy (non-hydrogen) atoms. The van der Waals surface area contributed by atoms with Crippen LogP contribution in [0.25, 0.3) is 72.3 Å². The van der Waals surface area contributed by atoms with Gasteiger partial charge in [-0.3, -0.25) is 0 Å². The molecule has 238 valence electrons. The lowest BCUT2D eigenvalue weighted by Crippen LogP contribution is -1.93. The number of hydrogen-bond acceptors (Lipinski definition) is 2. The van der Waals surface area contributed by atoms with Gasteiger partial charge in [-0.15, -0.1) is 0 Å². The van der Waals surface area contributed by atoms with E-state index in [9.17, 15) is 0 Å². The molecule has 0 aliphatic rings. The number of benzene rings is 4. The maximum Gasteiger partial charge on any atom is 0.137 e. The van der Waals surface area contributed by atoms with Crippen molar-refractivity contribution >= 4 is 44.2 Å². The van der Waals surface area contributed by atoms with E-state index in [0.717, 1.165) is 67.2 Å². The van der Waals surface area contributed by atoms with E-state index in [1.807, 2.05) is 60.1 Å². The van der Waals surface area contributed by atoms with Crippen molar-refractivity contribution in [3.8, 4) is 28.1 Å². The lowest BCUT2D eigenvalue weighted by atomic mass is 9.99. The van der Waals surface area contributed by atoms with E-state index in [2.05, 4.69) is 137 Å². The third kappa shape index (κ3) is 5.13. The monoisotopic (exact) mass is 643 g/mol. The molecular formula is C45H33N5. The van der Waals surface area contributed by atoms with E-state index in [-0.39, 0.29) is 0 Å². The quantitative estimate of drug-likeness (QED) is 0.162. The van der Waals surface area contributed by atoms with Crippen molar-refractivity contribution in [2.75, 3.05) is 0 Å². The van der Waals surface area contributed by atoms with Crippen LogP contribution in [-0.2, 0) is 0 Å². The Bertz CT molecular complexity index is 2710. The fraction of sp³-hybridized carbons (Fsp3) is 0.0222. The summed E-state index contributed by atoms with van der Waals surface area (Å²) in [4.78, 5) is 9.62. The minimum atomic E-state index is 0.927. The van der Waals surface area contributed by atoms with Gasteiger partial charge in [-0.2, -0.15) is 0 Å². The molecule has 5 heterocycles. The third-order valence-corrected chi connectivity index (χ3v) is 9.46. The van der Waals surface area contributed by atoms with Crippen molar-refractivity contribution in [3.05, 3.63) is 188 Å². The lowest BCUT2D eigenvalue weighted by Gasteiger charge is -2.08. The maximum atomic E-state index is 4.81. The molecule has 0 spiro atoms. The van der Waals surface area contributed by atoms with Gasteiger partial charge < -0.3 is 13.4 Å². The number of hydrogen-bond donors (Lipinski definition) is 0. The summed E-state index contributed by atoms with van der Waals surface area (Å²) in [6, 6.07) is 44.8. The van der Waals surface area contributed by atoms with Crippen LogP contribution in [-0.4, -0.2) is 23.3 Å². The highest BCUT2D eigenvalue weighted by Gasteiger charge is 2.15. The summed E-state index contributed by atoms with van der Waals surface area (Å²) in [6.07, 6.45) is 14.5. The molecule has 0 fully saturated rings. The number of aromatic nitrogens is 5. The molecule has 4 aromatic carbocycles. The number of allylic oxidation sites excluding steroid dienone is 5. The summed E-state index contributed by atoms with van der Waals surface area (Å²) in [7, 11) is 0. The molecule has 9 aromatic rings. The smallest absolute Gasteiger partial charge is 0.137 e. The molecule has 0 amide bonds. The van der Waals surface area contributed by atoms with Gasteiger partial charge in [0.1, 0.15) is 11.3 Å². The predicted molar refractivity (Wildman–Crippen MR) is 207 cm³/mol. The third-order valence-electron chi connectivity index (χ3n) is 9.46. The fourth-order valence-electron chi connectivity index (χ4n) is 6.85. The Morgan fingerprint density at radius 2 is 1.24 bits per heavy atom. The Kier molecular flexibility index (Phi) is 7.10. The van der Waals surface area contributed by atoms with Crippen LogP contribution in [0.15, 0.2) is 177 Å². The predicted octanol–water partition coefficient (Wildman–Crippen LogP) is 11.1. The zero-order valence-corrected chi connectivity index (χ0v) is 27.6. The van der Waals surface area contributed by atoms with Crippen LogP contribution in [0.3, 0.4) is 0 Å². The van der Waals surface area contributed by atoms with E-state index in [1.165, 1.54) is 16.3 Å². The zero-order chi connectivity index (χ0) is 33.6. The average molecular weight is 644 g/mol. The molecule has 5 aromatic heterocycles. The molecule has 5 heteroatoms. The molecule has 0 saturated heterocycles. The summed E-state index contributed by atoms with van der Waals surface area (Å²) < 4.78 is 6.45. The number of rotatable bonds is 7. The summed E-state index contributed by atoms with van der Waals surface area (Å²) in [6.45, 7) is 6.52. The highest BCUT2D eigenvalue weighted by Crippen LogP contribution is 2.37. The van der Waals surface area contributed by atoms with Crippen molar-refractivity contribution in [2.24, 2.45) is 0 Å². The fourth-order valence-corrected chi connectivity index (χ4v) is 6.85. The topological polar surface area (TPSA) is 39.5 Å². The molecule has 0 aliphatic heterocycles. The Balaban J connectivity index is 1.10. The second-order valence-corrected chi connectivity index (χ2v) is 12.5. The van der Waals surface area contributed by atoms with Crippen LogP contribution in [0.5, 0.6) is 0 Å². The number of fused-ring (bicyclic) bond motifs is 5. The van der Waals surface area contributed by atoms with Crippen LogP contribution < -0.4 is 0 Å². The van der Waals surface area contributed by atoms with E-state index in [1.54, 1.807) is 0 Å². The van der Waals surface area contributed by atoms with Gasteiger partial charge in [0.2, 0.25) is 0 Å².